The van der Waals surface area contributed by atoms with Crippen molar-refractivity contribution in [1.29, 1.82) is 0 Å². The van der Waals surface area contributed by atoms with Gasteiger partial charge in [-0.25, -0.2) is 0 Å². The van der Waals surface area contributed by atoms with E-state index in [1.807, 2.05) is 6.92 Å². The van der Waals surface area contributed by atoms with Crippen molar-refractivity contribution in [1.82, 2.24) is 4.90 Å². The maximum absolute atomic E-state index is 11.3. The molecule has 0 aromatic heterocycles. The number of carbonyl (C=O) groups excluding carboxylic acids is 1. The number of hydrogen-bond acceptors (Lipinski definition) is 2. The molecular weight excluding hydrogens is 212 g/mol. The van der Waals surface area contributed by atoms with E-state index in [4.69, 9.17) is 17.3 Å². The van der Waals surface area contributed by atoms with Gasteiger partial charge in [-0.2, -0.15) is 0 Å². The molecule has 0 aliphatic carbocycles. The molecule has 0 aromatic carbocycles. The highest BCUT2D eigenvalue weighted by Crippen LogP contribution is 2.05. The molecule has 0 aliphatic heterocycles. The van der Waals surface area contributed by atoms with Crippen molar-refractivity contribution in [3.8, 4) is 0 Å². The molecule has 0 aromatic rings. The van der Waals surface area contributed by atoms with Crippen molar-refractivity contribution in [2.75, 3.05) is 12.9 Å². The normalized spacial score (nSPS) is 12.5. The van der Waals surface area contributed by atoms with Crippen molar-refractivity contribution < 1.29 is 4.79 Å². The summed E-state index contributed by atoms with van der Waals surface area (Å²) in [4.78, 5) is 12.7. The Morgan fingerprint density at radius 2 is 2.13 bits per heavy atom. The zero-order valence-corrected chi connectivity index (χ0v) is 9.92. The number of halogens is 1. The summed E-state index contributed by atoms with van der Waals surface area (Å²) in [5.41, 5.74) is 7.07. The standard InChI is InChI=1S/C11H17ClN2O/c1-4-9(13)6-7-10(5-2)14(3)11(15)8-12/h5-7H,2,4,8,13H2,1,3H3/b9-6+,10-7+. The van der Waals surface area contributed by atoms with Crippen LogP contribution in [0.25, 0.3) is 0 Å². The Morgan fingerprint density at radius 1 is 1.53 bits per heavy atom. The zero-order valence-electron chi connectivity index (χ0n) is 9.16. The van der Waals surface area contributed by atoms with Crippen LogP contribution in [0.2, 0.25) is 0 Å². The maximum Gasteiger partial charge on any atom is 0.241 e. The fourth-order valence-electron chi connectivity index (χ4n) is 0.861. The molecule has 0 fully saturated rings. The number of amides is 1. The first-order chi connectivity index (χ1) is 7.06. The third-order valence-electron chi connectivity index (χ3n) is 1.96. The first-order valence-electron chi connectivity index (χ1n) is 4.68. The van der Waals surface area contributed by atoms with Gasteiger partial charge in [0.2, 0.25) is 5.91 Å². The molecule has 0 spiro atoms. The smallest absolute Gasteiger partial charge is 0.241 e. The fraction of sp³-hybridized carbons (Fsp3) is 0.364. The van der Waals surface area contributed by atoms with Crippen molar-refractivity contribution in [3.63, 3.8) is 0 Å². The van der Waals surface area contributed by atoms with Crippen LogP contribution in [-0.4, -0.2) is 23.7 Å². The summed E-state index contributed by atoms with van der Waals surface area (Å²) >= 11 is 5.45. The second-order valence-electron chi connectivity index (χ2n) is 2.98. The van der Waals surface area contributed by atoms with E-state index in [1.165, 1.54) is 4.90 Å². The Kier molecular flexibility index (Phi) is 6.54. The molecule has 0 heterocycles. The second kappa shape index (κ2) is 7.12. The van der Waals surface area contributed by atoms with Gasteiger partial charge in [0.25, 0.3) is 0 Å². The van der Waals surface area contributed by atoms with Crippen LogP contribution in [0.3, 0.4) is 0 Å². The molecule has 0 unspecified atom stereocenters. The van der Waals surface area contributed by atoms with Gasteiger partial charge < -0.3 is 10.6 Å². The number of rotatable bonds is 5. The Labute approximate surface area is 95.9 Å². The number of nitrogens with zero attached hydrogens (tertiary/aromatic N) is 1. The molecule has 1 amide bonds. The number of nitrogens with two attached hydrogens (primary N) is 1. The Balaban J connectivity index is 4.76. The highest BCUT2D eigenvalue weighted by atomic mass is 35.5. The summed E-state index contributed by atoms with van der Waals surface area (Å²) in [6.45, 7) is 5.59. The predicted octanol–water partition coefficient (Wildman–Crippen LogP) is 2.01. The lowest BCUT2D eigenvalue weighted by atomic mass is 10.2. The van der Waals surface area contributed by atoms with Crippen molar-refractivity contribution >= 4 is 17.5 Å². The SMILES string of the molecule is C=C/C(=C\C=C(\N)CC)N(C)C(=O)CCl. The molecule has 3 nitrogen and oxygen atoms in total. The summed E-state index contributed by atoms with van der Waals surface area (Å²) < 4.78 is 0. The van der Waals surface area contributed by atoms with E-state index >= 15 is 0 Å². The van der Waals surface area contributed by atoms with Gasteiger partial charge in [0.1, 0.15) is 5.88 Å². The molecule has 0 saturated carbocycles. The lowest BCUT2D eigenvalue weighted by Crippen LogP contribution is -2.26. The average Bonchev–Trinajstić information content (AvgIpc) is 2.27. The quantitative estimate of drug-likeness (QED) is 0.578. The van der Waals surface area contributed by atoms with E-state index in [0.717, 1.165) is 12.1 Å². The van der Waals surface area contributed by atoms with Crippen molar-refractivity contribution in [2.45, 2.75) is 13.3 Å². The molecule has 2 N–H and O–H groups in total. The largest absolute Gasteiger partial charge is 0.402 e. The monoisotopic (exact) mass is 228 g/mol. The van der Waals surface area contributed by atoms with Gasteiger partial charge in [0, 0.05) is 18.4 Å². The molecule has 0 bridgehead atoms. The molecule has 0 radical (unpaired) electrons. The number of carbonyl (C=O) groups is 1. The van der Waals surface area contributed by atoms with Crippen molar-refractivity contribution in [3.05, 3.63) is 36.2 Å². The van der Waals surface area contributed by atoms with Crippen LogP contribution in [0.1, 0.15) is 13.3 Å². The summed E-state index contributed by atoms with van der Waals surface area (Å²) in [5, 5.41) is 0. The second-order valence-corrected chi connectivity index (χ2v) is 3.24. The van der Waals surface area contributed by atoms with Gasteiger partial charge in [0.05, 0.1) is 0 Å². The maximum atomic E-state index is 11.3. The van der Waals surface area contributed by atoms with Crippen LogP contribution < -0.4 is 5.73 Å². The third kappa shape index (κ3) is 4.70. The Hall–Kier alpha value is -1.22. The van der Waals surface area contributed by atoms with E-state index in [0.29, 0.717) is 5.70 Å². The van der Waals surface area contributed by atoms with Gasteiger partial charge in [-0.1, -0.05) is 13.5 Å². The average molecular weight is 229 g/mol. The Bertz CT molecular complexity index is 295. The van der Waals surface area contributed by atoms with Gasteiger partial charge in [-0.05, 0) is 24.6 Å². The summed E-state index contributed by atoms with van der Waals surface area (Å²) in [6.07, 6.45) is 5.86. The highest BCUT2D eigenvalue weighted by molar-refractivity contribution is 6.27. The van der Waals surface area contributed by atoms with E-state index in [1.54, 1.807) is 25.3 Å². The number of likely N-dealkylation sites (N-methyl/N-ethyl adjacent to an activating group) is 1. The third-order valence-corrected chi connectivity index (χ3v) is 2.19. The van der Waals surface area contributed by atoms with Gasteiger partial charge in [0.15, 0.2) is 0 Å². The summed E-state index contributed by atoms with van der Waals surface area (Å²) in [5.74, 6) is -0.222. The van der Waals surface area contributed by atoms with Crippen LogP contribution >= 0.6 is 11.6 Å². The van der Waals surface area contributed by atoms with E-state index in [-0.39, 0.29) is 11.8 Å². The molecule has 0 atom stereocenters. The minimum atomic E-state index is -0.175. The Morgan fingerprint density at radius 3 is 2.53 bits per heavy atom. The van der Waals surface area contributed by atoms with E-state index in [2.05, 4.69) is 6.58 Å². The molecule has 4 heteroatoms. The number of alkyl halides is 1. The zero-order chi connectivity index (χ0) is 11.8. The van der Waals surface area contributed by atoms with Crippen LogP contribution in [0.4, 0.5) is 0 Å². The molecule has 15 heavy (non-hydrogen) atoms. The lowest BCUT2D eigenvalue weighted by molar-refractivity contribution is -0.125. The number of allylic oxidation sites excluding steroid dienone is 4. The topological polar surface area (TPSA) is 46.3 Å². The lowest BCUT2D eigenvalue weighted by Gasteiger charge is -2.16. The fourth-order valence-corrected chi connectivity index (χ4v) is 1.04. The number of hydrogen-bond donors (Lipinski definition) is 1. The molecular formula is C11H17ClN2O. The first kappa shape index (κ1) is 13.8. The van der Waals surface area contributed by atoms with Crippen LogP contribution in [-0.2, 0) is 4.79 Å². The molecule has 0 saturated heterocycles. The molecule has 84 valence electrons. The molecule has 0 aliphatic rings. The van der Waals surface area contributed by atoms with Crippen LogP contribution in [0, 0.1) is 0 Å². The first-order valence-corrected chi connectivity index (χ1v) is 5.21. The van der Waals surface area contributed by atoms with Gasteiger partial charge in [-0.3, -0.25) is 4.79 Å². The van der Waals surface area contributed by atoms with Gasteiger partial charge in [-0.15, -0.1) is 11.6 Å². The summed E-state index contributed by atoms with van der Waals surface area (Å²) in [7, 11) is 1.65. The van der Waals surface area contributed by atoms with Crippen LogP contribution in [0.5, 0.6) is 0 Å². The van der Waals surface area contributed by atoms with Crippen LogP contribution in [0.15, 0.2) is 36.2 Å². The predicted molar refractivity (Wildman–Crippen MR) is 64.3 cm³/mol. The molecule has 0 rings (SSSR count). The minimum absolute atomic E-state index is 0.0470. The highest BCUT2D eigenvalue weighted by Gasteiger charge is 2.08. The van der Waals surface area contributed by atoms with Gasteiger partial charge >= 0.3 is 0 Å². The summed E-state index contributed by atoms with van der Waals surface area (Å²) in [6, 6.07) is 0. The minimum Gasteiger partial charge on any atom is -0.402 e. The van der Waals surface area contributed by atoms with E-state index < -0.39 is 0 Å². The van der Waals surface area contributed by atoms with Crippen molar-refractivity contribution in [2.24, 2.45) is 5.73 Å². The van der Waals surface area contributed by atoms with E-state index in [9.17, 15) is 4.79 Å².